The molecule has 2 atom stereocenters. The number of hydrogen-bond acceptors (Lipinski definition) is 5. The molecule has 1 amide bonds. The van der Waals surface area contributed by atoms with E-state index in [9.17, 15) is 14.9 Å². The average molecular weight is 368 g/mol. The largest absolute Gasteiger partial charge is 0.371 e. The van der Waals surface area contributed by atoms with E-state index in [2.05, 4.69) is 10.3 Å². The number of rotatable bonds is 5. The molecule has 0 spiro atoms. The number of amides is 1. The molecular weight excluding hydrogens is 344 g/mol. The predicted octanol–water partition coefficient (Wildman–Crippen LogP) is 4.18. The van der Waals surface area contributed by atoms with Crippen LogP contribution in [0, 0.1) is 10.1 Å². The summed E-state index contributed by atoms with van der Waals surface area (Å²) in [7, 11) is 0. The fourth-order valence-electron chi connectivity index (χ4n) is 3.44. The van der Waals surface area contributed by atoms with Crippen LogP contribution in [0.4, 0.5) is 11.4 Å². The summed E-state index contributed by atoms with van der Waals surface area (Å²) in [6.45, 7) is 4.61. The van der Waals surface area contributed by atoms with Gasteiger partial charge < -0.3 is 10.2 Å². The van der Waals surface area contributed by atoms with Gasteiger partial charge >= 0.3 is 0 Å². The zero-order valence-electron chi connectivity index (χ0n) is 15.6. The Morgan fingerprint density at radius 3 is 2.81 bits per heavy atom. The fourth-order valence-corrected chi connectivity index (χ4v) is 3.44. The molecule has 2 aromatic rings. The lowest BCUT2D eigenvalue weighted by atomic mass is 10.0. The van der Waals surface area contributed by atoms with Crippen LogP contribution in [0.1, 0.15) is 55.2 Å². The van der Waals surface area contributed by atoms with Gasteiger partial charge in [0.1, 0.15) is 5.69 Å². The summed E-state index contributed by atoms with van der Waals surface area (Å²) in [5.74, 6) is -0.144. The third kappa shape index (κ3) is 4.24. The molecule has 7 heteroatoms. The van der Waals surface area contributed by atoms with E-state index in [1.807, 2.05) is 36.9 Å². The minimum atomic E-state index is -0.454. The number of carbonyl (C=O) groups is 1. The minimum Gasteiger partial charge on any atom is -0.371 e. The fraction of sp³-hybridized carbons (Fsp3) is 0.400. The normalized spacial score (nSPS) is 18.0. The molecule has 1 aromatic heterocycles. The molecule has 7 nitrogen and oxygen atoms in total. The zero-order chi connectivity index (χ0) is 19.4. The molecule has 1 N–H and O–H groups in total. The number of likely N-dealkylation sites (tertiary alicyclic amines) is 1. The maximum atomic E-state index is 12.8. The maximum absolute atomic E-state index is 12.8. The summed E-state index contributed by atoms with van der Waals surface area (Å²) in [4.78, 5) is 30.0. The van der Waals surface area contributed by atoms with Crippen LogP contribution in [-0.2, 0) is 0 Å². The molecule has 1 aliphatic heterocycles. The van der Waals surface area contributed by atoms with Crippen LogP contribution >= 0.6 is 0 Å². The van der Waals surface area contributed by atoms with Crippen LogP contribution in [-0.4, -0.2) is 33.3 Å². The Bertz CT molecular complexity index is 825. The van der Waals surface area contributed by atoms with Gasteiger partial charge in [-0.3, -0.25) is 19.9 Å². The Balaban J connectivity index is 1.84. The molecule has 3 rings (SSSR count). The van der Waals surface area contributed by atoms with Crippen molar-refractivity contribution < 1.29 is 9.72 Å². The average Bonchev–Trinajstić information content (AvgIpc) is 2.68. The summed E-state index contributed by atoms with van der Waals surface area (Å²) >= 11 is 0. The van der Waals surface area contributed by atoms with E-state index < -0.39 is 4.92 Å². The van der Waals surface area contributed by atoms with E-state index >= 15 is 0 Å². The Morgan fingerprint density at radius 2 is 2.15 bits per heavy atom. The van der Waals surface area contributed by atoms with Gasteiger partial charge in [0, 0.05) is 30.4 Å². The molecule has 1 aliphatic rings. The van der Waals surface area contributed by atoms with Crippen molar-refractivity contribution in [3.8, 4) is 0 Å². The second kappa shape index (κ2) is 8.16. The van der Waals surface area contributed by atoms with Gasteiger partial charge in [0.25, 0.3) is 11.6 Å². The number of nitro benzene ring substituents is 1. The highest BCUT2D eigenvalue weighted by Gasteiger charge is 2.26. The van der Waals surface area contributed by atoms with Crippen molar-refractivity contribution in [3.05, 3.63) is 64.0 Å². The van der Waals surface area contributed by atoms with E-state index in [4.69, 9.17) is 0 Å². The van der Waals surface area contributed by atoms with Crippen molar-refractivity contribution >= 4 is 17.3 Å². The Labute approximate surface area is 158 Å². The van der Waals surface area contributed by atoms with Crippen molar-refractivity contribution in [2.45, 2.75) is 45.2 Å². The van der Waals surface area contributed by atoms with Crippen molar-refractivity contribution in [2.75, 3.05) is 11.9 Å². The summed E-state index contributed by atoms with van der Waals surface area (Å²) in [6, 6.07) is 10.2. The van der Waals surface area contributed by atoms with Crippen LogP contribution in [0.5, 0.6) is 0 Å². The molecule has 1 aromatic carbocycles. The molecule has 142 valence electrons. The highest BCUT2D eigenvalue weighted by atomic mass is 16.6. The van der Waals surface area contributed by atoms with Crippen LogP contribution in [0.15, 0.2) is 42.6 Å². The first-order chi connectivity index (χ1) is 13.0. The van der Waals surface area contributed by atoms with E-state index in [1.165, 1.54) is 6.07 Å². The number of hydrogen-bond donors (Lipinski definition) is 1. The molecule has 1 saturated heterocycles. The van der Waals surface area contributed by atoms with E-state index in [0.717, 1.165) is 25.0 Å². The molecule has 1 fully saturated rings. The molecule has 0 radical (unpaired) electrons. The van der Waals surface area contributed by atoms with Crippen LogP contribution in [0.2, 0.25) is 0 Å². The summed E-state index contributed by atoms with van der Waals surface area (Å²) in [5.41, 5.74) is 1.41. The monoisotopic (exact) mass is 368 g/mol. The van der Waals surface area contributed by atoms with Gasteiger partial charge in [-0.1, -0.05) is 6.07 Å². The van der Waals surface area contributed by atoms with Crippen molar-refractivity contribution in [2.24, 2.45) is 0 Å². The topological polar surface area (TPSA) is 88.4 Å². The zero-order valence-corrected chi connectivity index (χ0v) is 15.6. The first-order valence-electron chi connectivity index (χ1n) is 9.24. The molecule has 0 aliphatic carbocycles. The molecule has 2 heterocycles. The van der Waals surface area contributed by atoms with Gasteiger partial charge in [-0.15, -0.1) is 0 Å². The van der Waals surface area contributed by atoms with E-state index in [1.54, 1.807) is 18.3 Å². The quantitative estimate of drug-likeness (QED) is 0.632. The van der Waals surface area contributed by atoms with Gasteiger partial charge in [0.2, 0.25) is 0 Å². The smallest absolute Gasteiger partial charge is 0.293 e. The molecule has 27 heavy (non-hydrogen) atoms. The summed E-state index contributed by atoms with van der Waals surface area (Å²) in [5, 5.41) is 14.7. The van der Waals surface area contributed by atoms with Gasteiger partial charge in [-0.25, -0.2) is 0 Å². The van der Waals surface area contributed by atoms with E-state index in [-0.39, 0.29) is 23.7 Å². The first kappa shape index (κ1) is 18.8. The number of nitro groups is 1. The number of anilines is 1. The van der Waals surface area contributed by atoms with Crippen molar-refractivity contribution in [3.63, 3.8) is 0 Å². The standard InChI is InChI=1S/C20H24N4O3/c1-14-7-4-6-12-23(14)20(25)16-9-10-18(19(13-16)24(26)27)22-15(2)17-8-3-5-11-21-17/h3,5,8-11,13-15,22H,4,6-7,12H2,1-2H3/t14-,15+/m1/s1. The SMILES string of the molecule is C[C@H](Nc1ccc(C(=O)N2CCCC[C@H]2C)cc1[N+](=O)[O-])c1ccccn1. The summed E-state index contributed by atoms with van der Waals surface area (Å²) in [6.07, 6.45) is 4.73. The van der Waals surface area contributed by atoms with Crippen LogP contribution in [0.3, 0.4) is 0 Å². The van der Waals surface area contributed by atoms with Gasteiger partial charge in [0.15, 0.2) is 0 Å². The molecule has 0 saturated carbocycles. The predicted molar refractivity (Wildman–Crippen MR) is 104 cm³/mol. The number of nitrogens with one attached hydrogen (secondary N) is 1. The molecule has 0 unspecified atom stereocenters. The number of piperidine rings is 1. The lowest BCUT2D eigenvalue weighted by molar-refractivity contribution is -0.384. The van der Waals surface area contributed by atoms with Gasteiger partial charge in [-0.05, 0) is 57.4 Å². The number of nitrogens with zero attached hydrogens (tertiary/aromatic N) is 3. The lowest BCUT2D eigenvalue weighted by Crippen LogP contribution is -2.42. The lowest BCUT2D eigenvalue weighted by Gasteiger charge is -2.33. The second-order valence-electron chi connectivity index (χ2n) is 6.95. The highest BCUT2D eigenvalue weighted by molar-refractivity contribution is 5.96. The number of pyridine rings is 1. The van der Waals surface area contributed by atoms with Gasteiger partial charge in [0.05, 0.1) is 16.7 Å². The molecular formula is C20H24N4O3. The number of carbonyl (C=O) groups excluding carboxylic acids is 1. The number of aromatic nitrogens is 1. The third-order valence-electron chi connectivity index (χ3n) is 5.01. The summed E-state index contributed by atoms with van der Waals surface area (Å²) < 4.78 is 0. The second-order valence-corrected chi connectivity index (χ2v) is 6.95. The Hall–Kier alpha value is -2.96. The van der Waals surface area contributed by atoms with Gasteiger partial charge in [-0.2, -0.15) is 0 Å². The Kier molecular flexibility index (Phi) is 5.69. The number of benzene rings is 1. The molecule has 0 bridgehead atoms. The van der Waals surface area contributed by atoms with Crippen molar-refractivity contribution in [1.82, 2.24) is 9.88 Å². The Morgan fingerprint density at radius 1 is 1.33 bits per heavy atom. The first-order valence-corrected chi connectivity index (χ1v) is 9.24. The highest BCUT2D eigenvalue weighted by Crippen LogP contribution is 2.30. The van der Waals surface area contributed by atoms with E-state index in [0.29, 0.717) is 17.8 Å². The third-order valence-corrected chi connectivity index (χ3v) is 5.01. The minimum absolute atomic E-state index is 0.103. The maximum Gasteiger partial charge on any atom is 0.293 e. The van der Waals surface area contributed by atoms with Crippen LogP contribution in [0.25, 0.3) is 0 Å². The van der Waals surface area contributed by atoms with Crippen LogP contribution < -0.4 is 5.32 Å². The van der Waals surface area contributed by atoms with Crippen molar-refractivity contribution in [1.29, 1.82) is 0 Å².